The number of hydrogen-bond donors (Lipinski definition) is 0. The first kappa shape index (κ1) is 16.2. The zero-order chi connectivity index (χ0) is 17.6. The molecule has 1 aliphatic rings. The third-order valence-electron chi connectivity index (χ3n) is 4.48. The molecule has 1 amide bonds. The molecular weight excluding hydrogens is 311 g/mol. The van der Waals surface area contributed by atoms with Crippen molar-refractivity contribution in [3.8, 4) is 0 Å². The van der Waals surface area contributed by atoms with Gasteiger partial charge >= 0.3 is 0 Å². The van der Waals surface area contributed by atoms with E-state index in [0.29, 0.717) is 35.7 Å². The van der Waals surface area contributed by atoms with Crippen molar-refractivity contribution in [2.24, 2.45) is 7.05 Å². The molecule has 1 aromatic carbocycles. The zero-order valence-corrected chi connectivity index (χ0v) is 14.1. The number of benzene rings is 1. The van der Waals surface area contributed by atoms with E-state index in [1.807, 2.05) is 11.9 Å². The summed E-state index contributed by atoms with van der Waals surface area (Å²) in [6.07, 6.45) is 0. The first-order valence-corrected chi connectivity index (χ1v) is 7.68. The summed E-state index contributed by atoms with van der Waals surface area (Å²) in [7, 11) is 3.37. The molecule has 0 N–H and O–H groups in total. The number of aryl methyl sites for hydroxylation is 2. The Morgan fingerprint density at radius 3 is 2.58 bits per heavy atom. The SMILES string of the molecule is Cc1nn(C)c(=O)c(C(=O)N2CCN(C)c3cc(F)ccc32)c1C. The molecule has 0 saturated heterocycles. The molecular formula is C17H19FN4O2. The maximum atomic E-state index is 13.6. The molecule has 3 rings (SSSR count). The third kappa shape index (κ3) is 2.46. The number of rotatable bonds is 1. The lowest BCUT2D eigenvalue weighted by Crippen LogP contribution is -2.45. The van der Waals surface area contributed by atoms with E-state index in [2.05, 4.69) is 5.10 Å². The molecule has 2 aromatic rings. The lowest BCUT2D eigenvalue weighted by Gasteiger charge is -2.35. The molecule has 7 heteroatoms. The van der Waals surface area contributed by atoms with Crippen molar-refractivity contribution >= 4 is 17.3 Å². The van der Waals surface area contributed by atoms with Crippen molar-refractivity contribution < 1.29 is 9.18 Å². The minimum absolute atomic E-state index is 0.116. The van der Waals surface area contributed by atoms with Crippen LogP contribution in [0.4, 0.5) is 15.8 Å². The van der Waals surface area contributed by atoms with Crippen molar-refractivity contribution in [3.05, 3.63) is 51.2 Å². The quantitative estimate of drug-likeness (QED) is 0.797. The number of likely N-dealkylation sites (N-methyl/N-ethyl adjacent to an activating group) is 1. The molecule has 0 radical (unpaired) electrons. The summed E-state index contributed by atoms with van der Waals surface area (Å²) in [6.45, 7) is 4.47. The second-order valence-electron chi connectivity index (χ2n) is 6.03. The van der Waals surface area contributed by atoms with Gasteiger partial charge in [-0.25, -0.2) is 9.07 Å². The van der Waals surface area contributed by atoms with E-state index in [4.69, 9.17) is 0 Å². The second-order valence-corrected chi connectivity index (χ2v) is 6.03. The van der Waals surface area contributed by atoms with Crippen LogP contribution in [-0.2, 0) is 7.05 Å². The number of anilines is 2. The van der Waals surface area contributed by atoms with Crippen LogP contribution in [0.3, 0.4) is 0 Å². The maximum Gasteiger partial charge on any atom is 0.279 e. The summed E-state index contributed by atoms with van der Waals surface area (Å²) < 4.78 is 14.7. The van der Waals surface area contributed by atoms with Gasteiger partial charge in [0.25, 0.3) is 11.5 Å². The molecule has 6 nitrogen and oxygen atoms in total. The predicted octanol–water partition coefficient (Wildman–Crippen LogP) is 1.63. The van der Waals surface area contributed by atoms with E-state index in [1.54, 1.807) is 19.9 Å². The smallest absolute Gasteiger partial charge is 0.279 e. The molecule has 1 aromatic heterocycles. The fraction of sp³-hybridized carbons (Fsp3) is 0.353. The maximum absolute atomic E-state index is 13.6. The van der Waals surface area contributed by atoms with Gasteiger partial charge in [-0.2, -0.15) is 5.10 Å². The van der Waals surface area contributed by atoms with E-state index >= 15 is 0 Å². The highest BCUT2D eigenvalue weighted by Crippen LogP contribution is 2.33. The summed E-state index contributed by atoms with van der Waals surface area (Å²) in [5, 5.41) is 4.10. The zero-order valence-electron chi connectivity index (χ0n) is 14.1. The van der Waals surface area contributed by atoms with Crippen LogP contribution in [-0.4, -0.2) is 35.8 Å². The molecule has 0 fully saturated rings. The van der Waals surface area contributed by atoms with Crippen LogP contribution in [0.1, 0.15) is 21.6 Å². The normalized spacial score (nSPS) is 13.9. The Morgan fingerprint density at radius 2 is 1.88 bits per heavy atom. The van der Waals surface area contributed by atoms with Gasteiger partial charge < -0.3 is 9.80 Å². The average molecular weight is 330 g/mol. The van der Waals surface area contributed by atoms with Crippen LogP contribution in [0.5, 0.6) is 0 Å². The topological polar surface area (TPSA) is 58.4 Å². The van der Waals surface area contributed by atoms with Crippen LogP contribution in [0, 0.1) is 19.7 Å². The Morgan fingerprint density at radius 1 is 1.17 bits per heavy atom. The van der Waals surface area contributed by atoms with Gasteiger partial charge in [0.1, 0.15) is 11.4 Å². The molecule has 0 bridgehead atoms. The van der Waals surface area contributed by atoms with Gasteiger partial charge in [0.15, 0.2) is 0 Å². The summed E-state index contributed by atoms with van der Waals surface area (Å²) in [6, 6.07) is 4.30. The van der Waals surface area contributed by atoms with Crippen LogP contribution in [0.15, 0.2) is 23.0 Å². The Balaban J connectivity index is 2.14. The number of fused-ring (bicyclic) bond motifs is 1. The van der Waals surface area contributed by atoms with E-state index < -0.39 is 5.56 Å². The monoisotopic (exact) mass is 330 g/mol. The van der Waals surface area contributed by atoms with Crippen LogP contribution < -0.4 is 15.4 Å². The van der Waals surface area contributed by atoms with E-state index in [-0.39, 0.29) is 17.3 Å². The molecule has 0 spiro atoms. The molecule has 0 unspecified atom stereocenters. The first-order valence-electron chi connectivity index (χ1n) is 7.68. The highest BCUT2D eigenvalue weighted by Gasteiger charge is 2.29. The van der Waals surface area contributed by atoms with Gasteiger partial charge in [-0.05, 0) is 37.6 Å². The lowest BCUT2D eigenvalue weighted by atomic mass is 10.1. The van der Waals surface area contributed by atoms with Gasteiger partial charge in [-0.15, -0.1) is 0 Å². The van der Waals surface area contributed by atoms with Crippen molar-refractivity contribution in [2.45, 2.75) is 13.8 Å². The minimum atomic E-state index is -0.425. The van der Waals surface area contributed by atoms with Crippen LogP contribution >= 0.6 is 0 Å². The summed E-state index contributed by atoms with van der Waals surface area (Å²) >= 11 is 0. The van der Waals surface area contributed by atoms with Gasteiger partial charge in [-0.1, -0.05) is 0 Å². The molecule has 0 aliphatic carbocycles. The molecule has 2 heterocycles. The van der Waals surface area contributed by atoms with Crippen molar-refractivity contribution in [1.29, 1.82) is 0 Å². The number of halogens is 1. The van der Waals surface area contributed by atoms with Gasteiger partial charge in [-0.3, -0.25) is 9.59 Å². The van der Waals surface area contributed by atoms with Gasteiger partial charge in [0.05, 0.1) is 17.1 Å². The molecule has 126 valence electrons. The Kier molecular flexibility index (Phi) is 3.87. The van der Waals surface area contributed by atoms with E-state index in [0.717, 1.165) is 0 Å². The Labute approximate surface area is 139 Å². The fourth-order valence-electron chi connectivity index (χ4n) is 2.97. The van der Waals surface area contributed by atoms with Crippen LogP contribution in [0.2, 0.25) is 0 Å². The molecule has 0 atom stereocenters. The van der Waals surface area contributed by atoms with Crippen molar-refractivity contribution in [3.63, 3.8) is 0 Å². The minimum Gasteiger partial charge on any atom is -0.371 e. The van der Waals surface area contributed by atoms with E-state index in [9.17, 15) is 14.0 Å². The van der Waals surface area contributed by atoms with Gasteiger partial charge in [0, 0.05) is 27.2 Å². The number of carbonyl (C=O) groups excluding carboxylic acids is 1. The standard InChI is InChI=1S/C17H19FN4O2/c1-10-11(2)19-21(4)16(23)15(10)17(24)22-8-7-20(3)14-9-12(18)5-6-13(14)22/h5-6,9H,7-8H2,1-4H3. The number of amides is 1. The Hall–Kier alpha value is -2.70. The highest BCUT2D eigenvalue weighted by molar-refractivity contribution is 6.09. The fourth-order valence-corrected chi connectivity index (χ4v) is 2.97. The summed E-state index contributed by atoms with van der Waals surface area (Å²) in [5.74, 6) is -0.735. The van der Waals surface area contributed by atoms with Crippen LogP contribution in [0.25, 0.3) is 0 Å². The molecule has 0 saturated carbocycles. The average Bonchev–Trinajstić information content (AvgIpc) is 2.54. The largest absolute Gasteiger partial charge is 0.371 e. The number of aromatic nitrogens is 2. The Bertz CT molecular complexity index is 891. The first-order chi connectivity index (χ1) is 11.3. The third-order valence-corrected chi connectivity index (χ3v) is 4.48. The number of nitrogens with zero attached hydrogens (tertiary/aromatic N) is 4. The van der Waals surface area contributed by atoms with Crippen molar-refractivity contribution in [2.75, 3.05) is 29.9 Å². The van der Waals surface area contributed by atoms with E-state index in [1.165, 1.54) is 28.8 Å². The summed E-state index contributed by atoms with van der Waals surface area (Å²) in [4.78, 5) is 28.9. The summed E-state index contributed by atoms with van der Waals surface area (Å²) in [5.41, 5.74) is 2.14. The number of hydrogen-bond acceptors (Lipinski definition) is 4. The lowest BCUT2D eigenvalue weighted by molar-refractivity contribution is 0.0983. The number of carbonyl (C=O) groups is 1. The molecule has 24 heavy (non-hydrogen) atoms. The highest BCUT2D eigenvalue weighted by atomic mass is 19.1. The molecule has 1 aliphatic heterocycles. The van der Waals surface area contributed by atoms with Gasteiger partial charge in [0.2, 0.25) is 0 Å². The second kappa shape index (κ2) is 5.74. The predicted molar refractivity (Wildman–Crippen MR) is 90.3 cm³/mol. The van der Waals surface area contributed by atoms with Crippen molar-refractivity contribution in [1.82, 2.24) is 9.78 Å².